The Morgan fingerprint density at radius 1 is 1.39 bits per heavy atom. The summed E-state index contributed by atoms with van der Waals surface area (Å²) in [5, 5.41) is 8.96. The number of benzene rings is 1. The molecule has 0 fully saturated rings. The normalized spacial score (nSPS) is 11.1. The minimum absolute atomic E-state index is 0.0619. The van der Waals surface area contributed by atoms with Gasteiger partial charge in [0.2, 0.25) is 0 Å². The molecule has 0 saturated carbocycles. The van der Waals surface area contributed by atoms with E-state index in [-0.39, 0.29) is 17.7 Å². The molecule has 0 aliphatic heterocycles. The molecule has 1 aromatic carbocycles. The molecule has 0 aliphatic rings. The van der Waals surface area contributed by atoms with Gasteiger partial charge in [-0.15, -0.1) is 0 Å². The summed E-state index contributed by atoms with van der Waals surface area (Å²) in [6.45, 7) is 2.89. The van der Waals surface area contributed by atoms with Gasteiger partial charge in [0.05, 0.1) is 18.1 Å². The summed E-state index contributed by atoms with van der Waals surface area (Å²) in [7, 11) is 1.37. The molecular formula is C13H15FO4. The van der Waals surface area contributed by atoms with E-state index in [2.05, 4.69) is 0 Å². The number of rotatable bonds is 5. The zero-order chi connectivity index (χ0) is 13.9. The standard InChI is InChI=1S/C13H15FO4/c1-13(2,12(16)17)7-10(15)9-6-8(14)4-5-11(9)18-3/h4-6H,7H2,1-3H3,(H,16,17). The van der Waals surface area contributed by atoms with Crippen LogP contribution in [0.5, 0.6) is 5.75 Å². The number of carbonyl (C=O) groups excluding carboxylic acids is 1. The molecule has 1 rings (SSSR count). The molecule has 18 heavy (non-hydrogen) atoms. The molecule has 0 saturated heterocycles. The fraction of sp³-hybridized carbons (Fsp3) is 0.385. The summed E-state index contributed by atoms with van der Waals surface area (Å²) in [4.78, 5) is 22.9. The predicted molar refractivity (Wildman–Crippen MR) is 63.3 cm³/mol. The molecule has 0 atom stereocenters. The van der Waals surface area contributed by atoms with E-state index in [1.807, 2.05) is 0 Å². The molecule has 1 N–H and O–H groups in total. The van der Waals surface area contributed by atoms with Crippen molar-refractivity contribution >= 4 is 11.8 Å². The summed E-state index contributed by atoms with van der Waals surface area (Å²) in [5.41, 5.74) is -1.14. The largest absolute Gasteiger partial charge is 0.496 e. The molecule has 98 valence electrons. The van der Waals surface area contributed by atoms with E-state index < -0.39 is 23.0 Å². The van der Waals surface area contributed by atoms with Crippen LogP contribution in [-0.4, -0.2) is 24.0 Å². The topological polar surface area (TPSA) is 63.6 Å². The van der Waals surface area contributed by atoms with Gasteiger partial charge in [-0.25, -0.2) is 4.39 Å². The summed E-state index contributed by atoms with van der Waals surface area (Å²) >= 11 is 0. The zero-order valence-electron chi connectivity index (χ0n) is 10.5. The van der Waals surface area contributed by atoms with Gasteiger partial charge >= 0.3 is 5.97 Å². The lowest BCUT2D eigenvalue weighted by Crippen LogP contribution is -2.27. The van der Waals surface area contributed by atoms with E-state index in [4.69, 9.17) is 9.84 Å². The van der Waals surface area contributed by atoms with E-state index in [1.165, 1.54) is 33.1 Å². The maximum atomic E-state index is 13.1. The number of ether oxygens (including phenoxy) is 1. The smallest absolute Gasteiger partial charge is 0.309 e. The molecule has 0 amide bonds. The van der Waals surface area contributed by atoms with Gasteiger partial charge < -0.3 is 9.84 Å². The third-order valence-electron chi connectivity index (χ3n) is 2.64. The van der Waals surface area contributed by atoms with Crippen molar-refractivity contribution in [1.29, 1.82) is 0 Å². The molecule has 0 bridgehead atoms. The van der Waals surface area contributed by atoms with Crippen molar-refractivity contribution < 1.29 is 23.8 Å². The predicted octanol–water partition coefficient (Wildman–Crippen LogP) is 2.52. The molecule has 0 spiro atoms. The summed E-state index contributed by atoms with van der Waals surface area (Å²) in [5.74, 6) is -1.86. The van der Waals surface area contributed by atoms with E-state index in [0.29, 0.717) is 0 Å². The maximum absolute atomic E-state index is 13.1. The zero-order valence-corrected chi connectivity index (χ0v) is 10.5. The van der Waals surface area contributed by atoms with Crippen molar-refractivity contribution in [1.82, 2.24) is 0 Å². The highest BCUT2D eigenvalue weighted by Gasteiger charge is 2.31. The molecule has 0 unspecified atom stereocenters. The van der Waals surface area contributed by atoms with Gasteiger partial charge in [-0.1, -0.05) is 0 Å². The fourth-order valence-electron chi connectivity index (χ4n) is 1.47. The second-order valence-corrected chi connectivity index (χ2v) is 4.63. The fourth-order valence-corrected chi connectivity index (χ4v) is 1.47. The molecule has 0 heterocycles. The minimum Gasteiger partial charge on any atom is -0.496 e. The van der Waals surface area contributed by atoms with Crippen molar-refractivity contribution in [3.05, 3.63) is 29.6 Å². The Balaban J connectivity index is 3.04. The van der Waals surface area contributed by atoms with E-state index >= 15 is 0 Å². The molecule has 0 radical (unpaired) electrons. The number of hydrogen-bond donors (Lipinski definition) is 1. The molecule has 4 nitrogen and oxygen atoms in total. The summed E-state index contributed by atoms with van der Waals surface area (Å²) in [6.07, 6.45) is -0.220. The Kier molecular flexibility index (Phi) is 4.06. The minimum atomic E-state index is -1.20. The lowest BCUT2D eigenvalue weighted by molar-refractivity contribution is -0.146. The monoisotopic (exact) mass is 254 g/mol. The number of halogens is 1. The van der Waals surface area contributed by atoms with Gasteiger partial charge in [0.15, 0.2) is 5.78 Å². The third-order valence-corrected chi connectivity index (χ3v) is 2.64. The van der Waals surface area contributed by atoms with Crippen LogP contribution in [0.1, 0.15) is 30.6 Å². The van der Waals surface area contributed by atoms with Crippen LogP contribution >= 0.6 is 0 Å². The molecule has 1 aromatic rings. The van der Waals surface area contributed by atoms with Crippen LogP contribution in [0.2, 0.25) is 0 Å². The highest BCUT2D eigenvalue weighted by molar-refractivity contribution is 6.00. The highest BCUT2D eigenvalue weighted by Crippen LogP contribution is 2.27. The van der Waals surface area contributed by atoms with E-state index in [1.54, 1.807) is 0 Å². The Morgan fingerprint density at radius 3 is 2.50 bits per heavy atom. The first-order valence-corrected chi connectivity index (χ1v) is 5.38. The Labute approximate surface area is 104 Å². The maximum Gasteiger partial charge on any atom is 0.309 e. The van der Waals surface area contributed by atoms with Gasteiger partial charge in [0, 0.05) is 6.42 Å². The molecule has 5 heteroatoms. The number of hydrogen-bond acceptors (Lipinski definition) is 3. The second-order valence-electron chi connectivity index (χ2n) is 4.63. The Bertz CT molecular complexity index is 480. The lowest BCUT2D eigenvalue weighted by Gasteiger charge is -2.18. The van der Waals surface area contributed by atoms with Crippen molar-refractivity contribution in [3.63, 3.8) is 0 Å². The SMILES string of the molecule is COc1ccc(F)cc1C(=O)CC(C)(C)C(=O)O. The number of Topliss-reactive ketones (excluding diaryl/α,β-unsaturated/α-hetero) is 1. The van der Waals surface area contributed by atoms with E-state index in [9.17, 15) is 14.0 Å². The van der Waals surface area contributed by atoms with Gasteiger partial charge in [-0.2, -0.15) is 0 Å². The van der Waals surface area contributed by atoms with Crippen LogP contribution in [-0.2, 0) is 4.79 Å². The first-order chi connectivity index (χ1) is 8.27. The first kappa shape index (κ1) is 14.2. The van der Waals surface area contributed by atoms with Gasteiger partial charge in [-0.3, -0.25) is 9.59 Å². The van der Waals surface area contributed by atoms with Crippen LogP contribution in [0.25, 0.3) is 0 Å². The number of carboxylic acid groups (broad SMARTS) is 1. The number of aliphatic carboxylic acids is 1. The summed E-state index contributed by atoms with van der Waals surface area (Å²) < 4.78 is 18.1. The summed E-state index contributed by atoms with van der Waals surface area (Å²) in [6, 6.07) is 3.58. The van der Waals surface area contributed by atoms with Crippen LogP contribution in [0.15, 0.2) is 18.2 Å². The number of carbonyl (C=O) groups is 2. The van der Waals surface area contributed by atoms with Crippen molar-refractivity contribution in [2.45, 2.75) is 20.3 Å². The average molecular weight is 254 g/mol. The van der Waals surface area contributed by atoms with Crippen LogP contribution in [0.4, 0.5) is 4.39 Å². The van der Waals surface area contributed by atoms with Gasteiger partial charge in [-0.05, 0) is 32.0 Å². The van der Waals surface area contributed by atoms with Crippen LogP contribution < -0.4 is 4.74 Å². The van der Waals surface area contributed by atoms with Crippen LogP contribution in [0.3, 0.4) is 0 Å². The van der Waals surface area contributed by atoms with Crippen molar-refractivity contribution in [3.8, 4) is 5.75 Å². The van der Waals surface area contributed by atoms with Crippen molar-refractivity contribution in [2.24, 2.45) is 5.41 Å². The lowest BCUT2D eigenvalue weighted by atomic mass is 9.85. The van der Waals surface area contributed by atoms with Crippen LogP contribution in [0, 0.1) is 11.2 Å². The second kappa shape index (κ2) is 5.16. The number of carboxylic acids is 1. The third kappa shape index (κ3) is 3.06. The first-order valence-electron chi connectivity index (χ1n) is 5.38. The van der Waals surface area contributed by atoms with Crippen molar-refractivity contribution in [2.75, 3.05) is 7.11 Å². The van der Waals surface area contributed by atoms with Gasteiger partial charge in [0.1, 0.15) is 11.6 Å². The number of ketones is 1. The van der Waals surface area contributed by atoms with E-state index in [0.717, 1.165) is 6.07 Å². The molecule has 0 aliphatic carbocycles. The van der Waals surface area contributed by atoms with Gasteiger partial charge in [0.25, 0.3) is 0 Å². The average Bonchev–Trinajstić information content (AvgIpc) is 2.28. The number of methoxy groups -OCH3 is 1. The quantitative estimate of drug-likeness (QED) is 0.820. The Hall–Kier alpha value is -1.91. The molecule has 0 aromatic heterocycles. The molecular weight excluding hydrogens is 239 g/mol. The highest BCUT2D eigenvalue weighted by atomic mass is 19.1. The Morgan fingerprint density at radius 2 is 2.00 bits per heavy atom.